The van der Waals surface area contributed by atoms with Crippen LogP contribution in [-0.2, 0) is 11.3 Å². The fourth-order valence-electron chi connectivity index (χ4n) is 1.86. The molecule has 88 valence electrons. The largest absolute Gasteiger partial charge is 0.397 e. The third kappa shape index (κ3) is 2.49. The lowest BCUT2D eigenvalue weighted by atomic mass is 10.1. The first-order valence-electron chi connectivity index (χ1n) is 5.42. The lowest BCUT2D eigenvalue weighted by Crippen LogP contribution is -2.46. The number of nitrogen functional groups attached to an aromatic ring is 1. The highest BCUT2D eigenvalue weighted by Crippen LogP contribution is 2.15. The number of nitrogens with zero attached hydrogens (tertiary/aromatic N) is 2. The van der Waals surface area contributed by atoms with Gasteiger partial charge in [0.1, 0.15) is 0 Å². The van der Waals surface area contributed by atoms with Crippen LogP contribution in [0.2, 0.25) is 0 Å². The number of aliphatic hydroxyl groups excluding tert-OH is 1. The number of morpholine rings is 1. The minimum atomic E-state index is 0.0707. The number of hydrogen-bond acceptors (Lipinski definition) is 5. The second-order valence-electron chi connectivity index (χ2n) is 3.96. The molecule has 0 aromatic carbocycles. The Kier molecular flexibility index (Phi) is 3.71. The van der Waals surface area contributed by atoms with Gasteiger partial charge in [0.15, 0.2) is 0 Å². The molecule has 1 saturated heterocycles. The van der Waals surface area contributed by atoms with Crippen molar-refractivity contribution in [2.75, 3.05) is 32.1 Å². The summed E-state index contributed by atoms with van der Waals surface area (Å²) in [6.07, 6.45) is 3.39. The molecule has 1 unspecified atom stereocenters. The summed E-state index contributed by atoms with van der Waals surface area (Å²) in [7, 11) is 0. The Morgan fingerprint density at radius 2 is 2.50 bits per heavy atom. The zero-order valence-corrected chi connectivity index (χ0v) is 9.17. The molecule has 1 fully saturated rings. The van der Waals surface area contributed by atoms with Crippen molar-refractivity contribution in [2.24, 2.45) is 0 Å². The van der Waals surface area contributed by atoms with E-state index in [-0.39, 0.29) is 12.6 Å². The van der Waals surface area contributed by atoms with Crippen LogP contribution in [0.15, 0.2) is 18.5 Å². The predicted molar refractivity (Wildman–Crippen MR) is 60.8 cm³/mol. The predicted octanol–water partition coefficient (Wildman–Crippen LogP) is -0.143. The molecular weight excluding hydrogens is 206 g/mol. The molecule has 5 heteroatoms. The van der Waals surface area contributed by atoms with Gasteiger partial charge in [-0.05, 0) is 11.6 Å². The van der Waals surface area contributed by atoms with E-state index in [0.29, 0.717) is 18.9 Å². The number of aliphatic hydroxyl groups is 1. The molecule has 0 bridgehead atoms. The molecule has 1 aromatic rings. The molecule has 2 rings (SSSR count). The molecule has 1 aliphatic rings. The Morgan fingerprint density at radius 3 is 3.25 bits per heavy atom. The van der Waals surface area contributed by atoms with Crippen molar-refractivity contribution in [1.29, 1.82) is 0 Å². The van der Waals surface area contributed by atoms with Crippen LogP contribution in [-0.4, -0.2) is 47.4 Å². The van der Waals surface area contributed by atoms with Gasteiger partial charge in [-0.3, -0.25) is 9.88 Å². The summed E-state index contributed by atoms with van der Waals surface area (Å²) >= 11 is 0. The van der Waals surface area contributed by atoms with E-state index in [4.69, 9.17) is 10.5 Å². The summed E-state index contributed by atoms with van der Waals surface area (Å²) in [6, 6.07) is 1.99. The number of ether oxygens (including phenoxy) is 1. The van der Waals surface area contributed by atoms with Gasteiger partial charge < -0.3 is 15.6 Å². The fourth-order valence-corrected chi connectivity index (χ4v) is 1.86. The van der Waals surface area contributed by atoms with E-state index in [1.54, 1.807) is 12.4 Å². The van der Waals surface area contributed by atoms with E-state index in [1.807, 2.05) is 6.07 Å². The average Bonchev–Trinajstić information content (AvgIpc) is 2.33. The molecule has 1 aromatic heterocycles. The van der Waals surface area contributed by atoms with Crippen molar-refractivity contribution in [3.05, 3.63) is 24.0 Å². The van der Waals surface area contributed by atoms with E-state index in [1.165, 1.54) is 0 Å². The lowest BCUT2D eigenvalue weighted by molar-refractivity contribution is -0.0311. The third-order valence-corrected chi connectivity index (χ3v) is 2.88. The molecule has 0 radical (unpaired) electrons. The van der Waals surface area contributed by atoms with Gasteiger partial charge in [-0.2, -0.15) is 0 Å². The van der Waals surface area contributed by atoms with Crippen LogP contribution in [0.5, 0.6) is 0 Å². The van der Waals surface area contributed by atoms with Gasteiger partial charge in [0.25, 0.3) is 0 Å². The number of hydrogen-bond donors (Lipinski definition) is 2. The Hall–Kier alpha value is -1.17. The summed E-state index contributed by atoms with van der Waals surface area (Å²) in [5.74, 6) is 0. The Balaban J connectivity index is 2.05. The Morgan fingerprint density at radius 1 is 1.62 bits per heavy atom. The van der Waals surface area contributed by atoms with Gasteiger partial charge >= 0.3 is 0 Å². The van der Waals surface area contributed by atoms with Gasteiger partial charge in [0, 0.05) is 19.3 Å². The maximum atomic E-state index is 9.24. The Bertz CT molecular complexity index is 346. The van der Waals surface area contributed by atoms with Crippen LogP contribution in [0, 0.1) is 0 Å². The van der Waals surface area contributed by atoms with Crippen LogP contribution >= 0.6 is 0 Å². The van der Waals surface area contributed by atoms with Crippen molar-refractivity contribution in [1.82, 2.24) is 9.88 Å². The highest BCUT2D eigenvalue weighted by Gasteiger charge is 2.22. The van der Waals surface area contributed by atoms with Gasteiger partial charge in [0.2, 0.25) is 0 Å². The van der Waals surface area contributed by atoms with Crippen molar-refractivity contribution in [3.63, 3.8) is 0 Å². The maximum Gasteiger partial charge on any atom is 0.0644 e. The molecule has 1 aliphatic heterocycles. The molecule has 5 nitrogen and oxygen atoms in total. The molecule has 1 atom stereocenters. The van der Waals surface area contributed by atoms with Crippen LogP contribution < -0.4 is 5.73 Å². The monoisotopic (exact) mass is 223 g/mol. The number of anilines is 1. The van der Waals surface area contributed by atoms with E-state index in [0.717, 1.165) is 18.7 Å². The van der Waals surface area contributed by atoms with Crippen molar-refractivity contribution < 1.29 is 9.84 Å². The second kappa shape index (κ2) is 5.25. The average molecular weight is 223 g/mol. The number of rotatable bonds is 3. The second-order valence-corrected chi connectivity index (χ2v) is 3.96. The normalized spacial score (nSPS) is 22.2. The summed E-state index contributed by atoms with van der Waals surface area (Å²) in [5.41, 5.74) is 7.59. The van der Waals surface area contributed by atoms with Crippen molar-refractivity contribution in [3.8, 4) is 0 Å². The smallest absolute Gasteiger partial charge is 0.0644 e. The highest BCUT2D eigenvalue weighted by atomic mass is 16.5. The quantitative estimate of drug-likeness (QED) is 0.746. The Labute approximate surface area is 94.8 Å². The summed E-state index contributed by atoms with van der Waals surface area (Å²) in [4.78, 5) is 6.15. The van der Waals surface area contributed by atoms with Crippen LogP contribution in [0.1, 0.15) is 5.56 Å². The number of aromatic nitrogens is 1. The molecule has 16 heavy (non-hydrogen) atoms. The van der Waals surface area contributed by atoms with E-state index in [9.17, 15) is 5.11 Å². The van der Waals surface area contributed by atoms with E-state index < -0.39 is 0 Å². The summed E-state index contributed by atoms with van der Waals surface area (Å²) in [6.45, 7) is 2.98. The van der Waals surface area contributed by atoms with Crippen LogP contribution in [0.3, 0.4) is 0 Å². The highest BCUT2D eigenvalue weighted by molar-refractivity contribution is 5.43. The van der Waals surface area contributed by atoms with Gasteiger partial charge in [-0.25, -0.2) is 0 Å². The molecule has 3 N–H and O–H groups in total. The van der Waals surface area contributed by atoms with Crippen LogP contribution in [0.25, 0.3) is 0 Å². The van der Waals surface area contributed by atoms with Gasteiger partial charge in [-0.15, -0.1) is 0 Å². The molecule has 0 aliphatic carbocycles. The van der Waals surface area contributed by atoms with Gasteiger partial charge in [-0.1, -0.05) is 0 Å². The standard InChI is InChI=1S/C11H17N3O2/c12-11-5-13-2-1-9(11)6-14-3-4-16-8-10(14)7-15/h1-2,5,10,15H,3-4,6-8,12H2. The van der Waals surface area contributed by atoms with Crippen molar-refractivity contribution in [2.45, 2.75) is 12.6 Å². The first-order valence-corrected chi connectivity index (χ1v) is 5.42. The lowest BCUT2D eigenvalue weighted by Gasteiger charge is -2.34. The molecule has 0 amide bonds. The number of nitrogens with two attached hydrogens (primary N) is 1. The zero-order valence-electron chi connectivity index (χ0n) is 9.17. The first kappa shape index (κ1) is 11.3. The number of pyridine rings is 1. The first-order chi connectivity index (χ1) is 7.81. The summed E-state index contributed by atoms with van der Waals surface area (Å²) in [5, 5.41) is 9.24. The molecule has 2 heterocycles. The zero-order chi connectivity index (χ0) is 11.4. The fraction of sp³-hybridized carbons (Fsp3) is 0.545. The van der Waals surface area contributed by atoms with E-state index in [2.05, 4.69) is 9.88 Å². The minimum absolute atomic E-state index is 0.0707. The topological polar surface area (TPSA) is 71.6 Å². The van der Waals surface area contributed by atoms with Gasteiger partial charge in [0.05, 0.1) is 37.7 Å². The van der Waals surface area contributed by atoms with Crippen LogP contribution in [0.4, 0.5) is 5.69 Å². The third-order valence-electron chi connectivity index (χ3n) is 2.88. The molecule has 0 saturated carbocycles. The maximum absolute atomic E-state index is 9.24. The van der Waals surface area contributed by atoms with E-state index >= 15 is 0 Å². The summed E-state index contributed by atoms with van der Waals surface area (Å²) < 4.78 is 5.33. The minimum Gasteiger partial charge on any atom is -0.397 e. The molecular formula is C11H17N3O2. The molecule has 0 spiro atoms. The van der Waals surface area contributed by atoms with Crippen molar-refractivity contribution >= 4 is 5.69 Å². The SMILES string of the molecule is Nc1cnccc1CN1CCOCC1CO.